The molecule has 1 unspecified atom stereocenters. The van der Waals surface area contributed by atoms with E-state index >= 15 is 0 Å². The number of piperidine rings is 1. The first-order valence-corrected chi connectivity index (χ1v) is 4.64. The van der Waals surface area contributed by atoms with Crippen molar-refractivity contribution in [2.45, 2.75) is 32.6 Å². The summed E-state index contributed by atoms with van der Waals surface area (Å²) in [5.41, 5.74) is -0.139. The average Bonchev–Trinajstić information content (AvgIpc) is 2.10. The molecule has 1 fully saturated rings. The molecule has 1 N–H and O–H groups in total. The van der Waals surface area contributed by atoms with Crippen LogP contribution in [0.25, 0.3) is 0 Å². The average molecular weight is 167 g/mol. The first-order valence-electron chi connectivity index (χ1n) is 4.64. The number of allylic oxidation sites excluding steroid dienone is 1. The summed E-state index contributed by atoms with van der Waals surface area (Å²) in [6, 6.07) is 0. The molecular weight excluding hydrogens is 150 g/mol. The van der Waals surface area contributed by atoms with Crippen LogP contribution in [0.4, 0.5) is 0 Å². The van der Waals surface area contributed by atoms with Crippen molar-refractivity contribution in [1.29, 1.82) is 0 Å². The summed E-state index contributed by atoms with van der Waals surface area (Å²) < 4.78 is 0. The molecular formula is C10H17NO. The summed E-state index contributed by atoms with van der Waals surface area (Å²) >= 11 is 0. The highest BCUT2D eigenvalue weighted by Crippen LogP contribution is 2.34. The van der Waals surface area contributed by atoms with Gasteiger partial charge in [0.1, 0.15) is 0 Å². The Morgan fingerprint density at radius 3 is 3.00 bits per heavy atom. The first-order chi connectivity index (χ1) is 5.75. The molecule has 0 aromatic carbocycles. The first kappa shape index (κ1) is 9.30. The lowest BCUT2D eigenvalue weighted by atomic mass is 9.75. The topological polar surface area (TPSA) is 29.1 Å². The van der Waals surface area contributed by atoms with Crippen molar-refractivity contribution in [2.75, 3.05) is 6.54 Å². The Morgan fingerprint density at radius 2 is 2.50 bits per heavy atom. The fraction of sp³-hybridized carbons (Fsp3) is 0.700. The Balaban J connectivity index is 2.73. The highest BCUT2D eigenvalue weighted by atomic mass is 16.2. The summed E-state index contributed by atoms with van der Waals surface area (Å²) in [6.07, 6.45) is 5.71. The Morgan fingerprint density at radius 1 is 1.75 bits per heavy atom. The number of rotatable bonds is 3. The maximum Gasteiger partial charge on any atom is 0.226 e. The van der Waals surface area contributed by atoms with Gasteiger partial charge in [0, 0.05) is 6.54 Å². The Kier molecular flexibility index (Phi) is 2.90. The van der Waals surface area contributed by atoms with Crippen LogP contribution in [0.2, 0.25) is 0 Å². The molecule has 1 rings (SSSR count). The molecule has 0 bridgehead atoms. The zero-order valence-corrected chi connectivity index (χ0v) is 7.73. The summed E-state index contributed by atoms with van der Waals surface area (Å²) in [6.45, 7) is 6.62. The minimum Gasteiger partial charge on any atom is -0.356 e. The van der Waals surface area contributed by atoms with Gasteiger partial charge in [-0.25, -0.2) is 0 Å². The third-order valence-corrected chi connectivity index (χ3v) is 2.81. The maximum absolute atomic E-state index is 11.6. The van der Waals surface area contributed by atoms with Gasteiger partial charge in [0.05, 0.1) is 5.41 Å². The third kappa shape index (κ3) is 1.52. The van der Waals surface area contributed by atoms with E-state index in [1.807, 2.05) is 6.08 Å². The zero-order valence-electron chi connectivity index (χ0n) is 7.73. The van der Waals surface area contributed by atoms with Gasteiger partial charge in [-0.3, -0.25) is 4.79 Å². The van der Waals surface area contributed by atoms with E-state index in [0.29, 0.717) is 0 Å². The number of carbonyl (C=O) groups excluding carboxylic acids is 1. The van der Waals surface area contributed by atoms with Crippen LogP contribution in [0, 0.1) is 5.41 Å². The molecule has 12 heavy (non-hydrogen) atoms. The Bertz CT molecular complexity index is 188. The standard InChI is InChI=1S/C10H17NO/c1-3-6-10(4-2)7-5-8-11-9(10)12/h3H,1,4-8H2,2H3,(H,11,12). The Labute approximate surface area is 74.0 Å². The van der Waals surface area contributed by atoms with E-state index in [1.54, 1.807) is 0 Å². The van der Waals surface area contributed by atoms with Gasteiger partial charge < -0.3 is 5.32 Å². The number of hydrogen-bond donors (Lipinski definition) is 1. The monoisotopic (exact) mass is 167 g/mol. The van der Waals surface area contributed by atoms with Gasteiger partial charge in [0.25, 0.3) is 0 Å². The van der Waals surface area contributed by atoms with E-state index in [-0.39, 0.29) is 11.3 Å². The van der Waals surface area contributed by atoms with Crippen LogP contribution in [0.15, 0.2) is 12.7 Å². The van der Waals surface area contributed by atoms with Crippen LogP contribution in [0.1, 0.15) is 32.6 Å². The fourth-order valence-corrected chi connectivity index (χ4v) is 1.88. The van der Waals surface area contributed by atoms with Crippen molar-refractivity contribution >= 4 is 5.91 Å². The van der Waals surface area contributed by atoms with Gasteiger partial charge in [0.15, 0.2) is 0 Å². The van der Waals surface area contributed by atoms with Crippen LogP contribution in [0.3, 0.4) is 0 Å². The Hall–Kier alpha value is -0.790. The quantitative estimate of drug-likeness (QED) is 0.639. The van der Waals surface area contributed by atoms with Crippen molar-refractivity contribution < 1.29 is 4.79 Å². The van der Waals surface area contributed by atoms with Gasteiger partial charge in [-0.15, -0.1) is 6.58 Å². The third-order valence-electron chi connectivity index (χ3n) is 2.81. The van der Waals surface area contributed by atoms with Crippen LogP contribution in [-0.4, -0.2) is 12.5 Å². The van der Waals surface area contributed by atoms with E-state index in [1.165, 1.54) is 0 Å². The number of hydrogen-bond acceptors (Lipinski definition) is 1. The normalized spacial score (nSPS) is 29.6. The van der Waals surface area contributed by atoms with Crippen molar-refractivity contribution in [3.05, 3.63) is 12.7 Å². The molecule has 0 spiro atoms. The number of nitrogens with one attached hydrogen (secondary N) is 1. The van der Waals surface area contributed by atoms with Crippen molar-refractivity contribution in [1.82, 2.24) is 5.32 Å². The fourth-order valence-electron chi connectivity index (χ4n) is 1.88. The van der Waals surface area contributed by atoms with Crippen molar-refractivity contribution in [2.24, 2.45) is 5.41 Å². The predicted octanol–water partition coefficient (Wildman–Crippen LogP) is 1.87. The van der Waals surface area contributed by atoms with Crippen molar-refractivity contribution in [3.8, 4) is 0 Å². The predicted molar refractivity (Wildman–Crippen MR) is 49.8 cm³/mol. The smallest absolute Gasteiger partial charge is 0.226 e. The van der Waals surface area contributed by atoms with E-state index in [0.717, 1.165) is 32.2 Å². The second kappa shape index (κ2) is 3.74. The summed E-state index contributed by atoms with van der Waals surface area (Å²) in [4.78, 5) is 11.6. The summed E-state index contributed by atoms with van der Waals surface area (Å²) in [5, 5.41) is 2.92. The molecule has 2 nitrogen and oxygen atoms in total. The van der Waals surface area contributed by atoms with E-state index in [2.05, 4.69) is 18.8 Å². The lowest BCUT2D eigenvalue weighted by molar-refractivity contribution is -0.133. The second-order valence-electron chi connectivity index (χ2n) is 3.49. The molecule has 0 aromatic heterocycles. The lowest BCUT2D eigenvalue weighted by Crippen LogP contribution is -2.45. The van der Waals surface area contributed by atoms with E-state index < -0.39 is 0 Å². The van der Waals surface area contributed by atoms with Gasteiger partial charge in [-0.1, -0.05) is 13.0 Å². The SMILES string of the molecule is C=CCC1(CC)CCCNC1=O. The number of amides is 1. The molecule has 0 radical (unpaired) electrons. The van der Waals surface area contributed by atoms with Gasteiger partial charge in [-0.05, 0) is 25.7 Å². The lowest BCUT2D eigenvalue weighted by Gasteiger charge is -2.34. The van der Waals surface area contributed by atoms with Gasteiger partial charge in [-0.2, -0.15) is 0 Å². The zero-order chi connectivity index (χ0) is 9.03. The molecule has 1 saturated heterocycles. The number of carbonyl (C=O) groups is 1. The van der Waals surface area contributed by atoms with Gasteiger partial charge >= 0.3 is 0 Å². The highest BCUT2D eigenvalue weighted by molar-refractivity contribution is 5.83. The highest BCUT2D eigenvalue weighted by Gasteiger charge is 2.36. The molecule has 2 heteroatoms. The van der Waals surface area contributed by atoms with Crippen molar-refractivity contribution in [3.63, 3.8) is 0 Å². The molecule has 1 aliphatic rings. The molecule has 0 aliphatic carbocycles. The molecule has 1 heterocycles. The second-order valence-corrected chi connectivity index (χ2v) is 3.49. The maximum atomic E-state index is 11.6. The van der Waals surface area contributed by atoms with E-state index in [9.17, 15) is 4.79 Å². The largest absolute Gasteiger partial charge is 0.356 e. The van der Waals surface area contributed by atoms with Crippen LogP contribution >= 0.6 is 0 Å². The molecule has 68 valence electrons. The van der Waals surface area contributed by atoms with Gasteiger partial charge in [0.2, 0.25) is 5.91 Å². The van der Waals surface area contributed by atoms with E-state index in [4.69, 9.17) is 0 Å². The molecule has 0 saturated carbocycles. The molecule has 1 atom stereocenters. The minimum absolute atomic E-state index is 0.139. The van der Waals surface area contributed by atoms with Crippen LogP contribution < -0.4 is 5.32 Å². The molecule has 0 aromatic rings. The molecule has 1 aliphatic heterocycles. The van der Waals surface area contributed by atoms with Crippen LogP contribution in [-0.2, 0) is 4.79 Å². The molecule has 1 amide bonds. The summed E-state index contributed by atoms with van der Waals surface area (Å²) in [5.74, 6) is 0.219. The summed E-state index contributed by atoms with van der Waals surface area (Å²) in [7, 11) is 0. The minimum atomic E-state index is -0.139. The van der Waals surface area contributed by atoms with Crippen LogP contribution in [0.5, 0.6) is 0 Å².